The minimum absolute atomic E-state index is 0.0746. The van der Waals surface area contributed by atoms with Crippen molar-refractivity contribution in [3.05, 3.63) is 23.8 Å². The van der Waals surface area contributed by atoms with E-state index in [1.807, 2.05) is 13.8 Å². The highest BCUT2D eigenvalue weighted by atomic mass is 16.2. The number of piperazine rings is 1. The van der Waals surface area contributed by atoms with E-state index < -0.39 is 11.6 Å². The molecule has 6 nitrogen and oxygen atoms in total. The van der Waals surface area contributed by atoms with E-state index in [1.165, 1.54) is 0 Å². The SMILES string of the molecule is CCC1(C)NC(=O)C(C)N(Cc2cnc(C)cn2)C1=O. The number of hydrogen-bond acceptors (Lipinski definition) is 4. The fourth-order valence-electron chi connectivity index (χ4n) is 2.19. The van der Waals surface area contributed by atoms with Crippen LogP contribution in [0.5, 0.6) is 0 Å². The zero-order chi connectivity index (χ0) is 14.9. The van der Waals surface area contributed by atoms with Crippen molar-refractivity contribution in [2.24, 2.45) is 0 Å². The molecule has 0 spiro atoms. The Labute approximate surface area is 118 Å². The van der Waals surface area contributed by atoms with Gasteiger partial charge in [-0.05, 0) is 27.2 Å². The minimum Gasteiger partial charge on any atom is -0.340 e. The summed E-state index contributed by atoms with van der Waals surface area (Å²) in [7, 11) is 0. The van der Waals surface area contributed by atoms with Crippen LogP contribution in [0.1, 0.15) is 38.6 Å². The van der Waals surface area contributed by atoms with Crippen LogP contribution in [-0.2, 0) is 16.1 Å². The second kappa shape index (κ2) is 5.19. The lowest BCUT2D eigenvalue weighted by Crippen LogP contribution is -2.68. The second-order valence-electron chi connectivity index (χ2n) is 5.43. The molecule has 1 saturated heterocycles. The van der Waals surface area contributed by atoms with Crippen molar-refractivity contribution >= 4 is 11.8 Å². The van der Waals surface area contributed by atoms with E-state index in [2.05, 4.69) is 15.3 Å². The largest absolute Gasteiger partial charge is 0.340 e. The Hall–Kier alpha value is -1.98. The molecule has 0 aliphatic carbocycles. The highest BCUT2D eigenvalue weighted by molar-refractivity contribution is 5.99. The van der Waals surface area contributed by atoms with Gasteiger partial charge in [-0.25, -0.2) is 0 Å². The number of carbonyl (C=O) groups excluding carboxylic acids is 2. The van der Waals surface area contributed by atoms with Gasteiger partial charge in [0.2, 0.25) is 11.8 Å². The maximum absolute atomic E-state index is 12.6. The zero-order valence-corrected chi connectivity index (χ0v) is 12.3. The lowest BCUT2D eigenvalue weighted by atomic mass is 9.92. The number of nitrogens with zero attached hydrogens (tertiary/aromatic N) is 3. The first-order valence-corrected chi connectivity index (χ1v) is 6.78. The number of aryl methyl sites for hydroxylation is 1. The Morgan fingerprint density at radius 3 is 2.60 bits per heavy atom. The Bertz CT molecular complexity index is 528. The third kappa shape index (κ3) is 2.50. The van der Waals surface area contributed by atoms with Crippen molar-refractivity contribution in [3.8, 4) is 0 Å². The molecule has 2 rings (SSSR count). The topological polar surface area (TPSA) is 75.2 Å². The predicted octanol–water partition coefficient (Wildman–Crippen LogP) is 0.801. The predicted molar refractivity (Wildman–Crippen MR) is 73.6 cm³/mol. The number of aromatic nitrogens is 2. The first-order chi connectivity index (χ1) is 9.37. The van der Waals surface area contributed by atoms with Gasteiger partial charge in [0.05, 0.1) is 24.1 Å². The van der Waals surface area contributed by atoms with Crippen molar-refractivity contribution < 1.29 is 9.59 Å². The minimum atomic E-state index is -0.832. The first-order valence-electron chi connectivity index (χ1n) is 6.78. The molecule has 1 N–H and O–H groups in total. The van der Waals surface area contributed by atoms with Crippen molar-refractivity contribution in [2.75, 3.05) is 0 Å². The molecule has 2 heterocycles. The van der Waals surface area contributed by atoms with Crippen LogP contribution in [0.2, 0.25) is 0 Å². The van der Waals surface area contributed by atoms with E-state index in [0.717, 1.165) is 5.69 Å². The summed E-state index contributed by atoms with van der Waals surface area (Å²) in [6.45, 7) is 7.53. The highest BCUT2D eigenvalue weighted by Gasteiger charge is 2.45. The fraction of sp³-hybridized carbons (Fsp3) is 0.571. The van der Waals surface area contributed by atoms with Crippen molar-refractivity contribution in [3.63, 3.8) is 0 Å². The molecule has 0 radical (unpaired) electrons. The second-order valence-corrected chi connectivity index (χ2v) is 5.43. The third-order valence-electron chi connectivity index (χ3n) is 3.85. The van der Waals surface area contributed by atoms with Gasteiger partial charge in [-0.2, -0.15) is 0 Å². The van der Waals surface area contributed by atoms with Crippen LogP contribution in [0.3, 0.4) is 0 Å². The molecule has 108 valence electrons. The van der Waals surface area contributed by atoms with Crippen LogP contribution in [0.15, 0.2) is 12.4 Å². The summed E-state index contributed by atoms with van der Waals surface area (Å²) >= 11 is 0. The van der Waals surface area contributed by atoms with Crippen molar-refractivity contribution in [1.82, 2.24) is 20.2 Å². The molecule has 0 saturated carbocycles. The summed E-state index contributed by atoms with van der Waals surface area (Å²) in [4.78, 5) is 34.6. The summed E-state index contributed by atoms with van der Waals surface area (Å²) in [5, 5.41) is 2.80. The average Bonchev–Trinajstić information content (AvgIpc) is 2.43. The van der Waals surface area contributed by atoms with E-state index in [-0.39, 0.29) is 11.8 Å². The van der Waals surface area contributed by atoms with Crippen LogP contribution < -0.4 is 5.32 Å². The average molecular weight is 276 g/mol. The van der Waals surface area contributed by atoms with Gasteiger partial charge in [0, 0.05) is 6.20 Å². The Morgan fingerprint density at radius 1 is 1.35 bits per heavy atom. The van der Waals surface area contributed by atoms with Gasteiger partial charge >= 0.3 is 0 Å². The first kappa shape index (κ1) is 14.4. The van der Waals surface area contributed by atoms with E-state index in [4.69, 9.17) is 0 Å². The van der Waals surface area contributed by atoms with E-state index in [0.29, 0.717) is 18.7 Å². The van der Waals surface area contributed by atoms with E-state index in [1.54, 1.807) is 31.1 Å². The van der Waals surface area contributed by atoms with Crippen molar-refractivity contribution in [1.29, 1.82) is 0 Å². The summed E-state index contributed by atoms with van der Waals surface area (Å²) in [5.74, 6) is -0.205. The van der Waals surface area contributed by atoms with Gasteiger partial charge in [-0.1, -0.05) is 6.92 Å². The number of hydrogen-bond donors (Lipinski definition) is 1. The molecule has 1 fully saturated rings. The van der Waals surface area contributed by atoms with Gasteiger partial charge in [-0.15, -0.1) is 0 Å². The van der Waals surface area contributed by atoms with Gasteiger partial charge in [0.25, 0.3) is 0 Å². The molecule has 1 aliphatic heterocycles. The molecule has 2 atom stereocenters. The molecule has 1 aromatic rings. The van der Waals surface area contributed by atoms with Gasteiger partial charge in [0.1, 0.15) is 11.6 Å². The maximum Gasteiger partial charge on any atom is 0.249 e. The third-order valence-corrected chi connectivity index (χ3v) is 3.85. The Kier molecular flexibility index (Phi) is 3.74. The highest BCUT2D eigenvalue weighted by Crippen LogP contribution is 2.22. The van der Waals surface area contributed by atoms with E-state index in [9.17, 15) is 9.59 Å². The Balaban J connectivity index is 2.25. The standard InChI is InChI=1S/C14H20N4O2/c1-5-14(4)13(20)18(10(3)12(19)17-14)8-11-7-15-9(2)6-16-11/h6-7,10H,5,8H2,1-4H3,(H,17,19). The molecular formula is C14H20N4O2. The van der Waals surface area contributed by atoms with Crippen LogP contribution in [0.4, 0.5) is 0 Å². The van der Waals surface area contributed by atoms with Gasteiger partial charge < -0.3 is 10.2 Å². The van der Waals surface area contributed by atoms with Crippen LogP contribution in [0.25, 0.3) is 0 Å². The molecule has 1 aromatic heterocycles. The smallest absolute Gasteiger partial charge is 0.249 e. The molecule has 2 unspecified atom stereocenters. The molecule has 6 heteroatoms. The summed E-state index contributed by atoms with van der Waals surface area (Å²) in [6, 6.07) is -0.495. The van der Waals surface area contributed by atoms with Gasteiger partial charge in [-0.3, -0.25) is 19.6 Å². The molecule has 0 aromatic carbocycles. The molecule has 0 bridgehead atoms. The van der Waals surface area contributed by atoms with Crippen LogP contribution in [0, 0.1) is 6.92 Å². The van der Waals surface area contributed by atoms with Crippen LogP contribution in [-0.4, -0.2) is 38.3 Å². The number of amides is 2. The van der Waals surface area contributed by atoms with Gasteiger partial charge in [0.15, 0.2) is 0 Å². The zero-order valence-electron chi connectivity index (χ0n) is 12.3. The molecule has 2 amide bonds. The monoisotopic (exact) mass is 276 g/mol. The van der Waals surface area contributed by atoms with Crippen LogP contribution >= 0.6 is 0 Å². The number of rotatable bonds is 3. The normalized spacial score (nSPS) is 26.6. The summed E-state index contributed by atoms with van der Waals surface area (Å²) < 4.78 is 0. The molecular weight excluding hydrogens is 256 g/mol. The summed E-state index contributed by atoms with van der Waals surface area (Å²) in [6.07, 6.45) is 3.86. The van der Waals surface area contributed by atoms with Crippen molar-refractivity contribution in [2.45, 2.75) is 52.2 Å². The summed E-state index contributed by atoms with van der Waals surface area (Å²) in [5.41, 5.74) is 0.675. The Morgan fingerprint density at radius 2 is 2.05 bits per heavy atom. The van der Waals surface area contributed by atoms with E-state index >= 15 is 0 Å². The fourth-order valence-corrected chi connectivity index (χ4v) is 2.19. The molecule has 20 heavy (non-hydrogen) atoms. The molecule has 1 aliphatic rings. The maximum atomic E-state index is 12.6. The lowest BCUT2D eigenvalue weighted by molar-refractivity contribution is -0.154. The quantitative estimate of drug-likeness (QED) is 0.886. The number of carbonyl (C=O) groups is 2. The lowest BCUT2D eigenvalue weighted by Gasteiger charge is -2.42. The number of nitrogens with one attached hydrogen (secondary N) is 1.